The number of rotatable bonds is 7. The molecule has 0 amide bonds. The second-order valence-corrected chi connectivity index (χ2v) is 5.42. The molecule has 0 spiro atoms. The second kappa shape index (κ2) is 6.64. The topological polar surface area (TPSA) is 106 Å². The Morgan fingerprint density at radius 3 is 2.83 bits per heavy atom. The predicted molar refractivity (Wildman–Crippen MR) is 68.3 cm³/mol. The number of sulfonamides is 1. The van der Waals surface area contributed by atoms with Gasteiger partial charge in [-0.2, -0.15) is 0 Å². The molecule has 4 N–H and O–H groups in total. The van der Waals surface area contributed by atoms with Crippen molar-refractivity contribution in [3.8, 4) is 0 Å². The number of hydrogen-bond donors (Lipinski definition) is 3. The summed E-state index contributed by atoms with van der Waals surface area (Å²) < 4.78 is 31.7. The van der Waals surface area contributed by atoms with Crippen LogP contribution >= 0.6 is 0 Å². The molecule has 0 saturated heterocycles. The molecule has 1 heterocycles. The Labute approximate surface area is 107 Å². The smallest absolute Gasteiger partial charge is 0.241 e. The van der Waals surface area contributed by atoms with Crippen molar-refractivity contribution in [2.45, 2.75) is 24.3 Å². The van der Waals surface area contributed by atoms with Crippen molar-refractivity contribution in [1.82, 2.24) is 9.71 Å². The van der Waals surface area contributed by atoms with Crippen LogP contribution in [0.15, 0.2) is 23.2 Å². The lowest BCUT2D eigenvalue weighted by Gasteiger charge is -2.16. The first-order valence-electron chi connectivity index (χ1n) is 5.47. The van der Waals surface area contributed by atoms with Crippen LogP contribution in [0.2, 0.25) is 0 Å². The zero-order valence-corrected chi connectivity index (χ0v) is 11.2. The van der Waals surface area contributed by atoms with Crippen LogP contribution in [0.5, 0.6) is 0 Å². The molecule has 0 aliphatic heterocycles. The number of pyridine rings is 1. The quantitative estimate of drug-likeness (QED) is 0.480. The molecule has 1 atom stereocenters. The summed E-state index contributed by atoms with van der Waals surface area (Å²) >= 11 is 0. The highest BCUT2D eigenvalue weighted by Gasteiger charge is 2.19. The van der Waals surface area contributed by atoms with E-state index in [2.05, 4.69) is 15.1 Å². The first kappa shape index (κ1) is 14.8. The maximum absolute atomic E-state index is 12.1. The molecule has 1 aromatic rings. The van der Waals surface area contributed by atoms with Crippen molar-refractivity contribution in [2.24, 2.45) is 5.84 Å². The van der Waals surface area contributed by atoms with E-state index in [1.807, 2.05) is 6.92 Å². The maximum Gasteiger partial charge on any atom is 0.241 e. The van der Waals surface area contributed by atoms with Crippen molar-refractivity contribution in [3.05, 3.63) is 18.3 Å². The van der Waals surface area contributed by atoms with Crippen molar-refractivity contribution in [3.63, 3.8) is 0 Å². The summed E-state index contributed by atoms with van der Waals surface area (Å²) in [5.41, 5.74) is 2.30. The molecule has 1 aromatic heterocycles. The number of hydrazine groups is 1. The average Bonchev–Trinajstić information content (AvgIpc) is 2.38. The van der Waals surface area contributed by atoms with Gasteiger partial charge in [0.1, 0.15) is 5.82 Å². The Hall–Kier alpha value is -1.22. The van der Waals surface area contributed by atoms with Crippen LogP contribution in [0.3, 0.4) is 0 Å². The van der Waals surface area contributed by atoms with E-state index in [-0.39, 0.29) is 16.8 Å². The van der Waals surface area contributed by atoms with Crippen LogP contribution in [0.4, 0.5) is 5.82 Å². The van der Waals surface area contributed by atoms with Gasteiger partial charge < -0.3 is 10.2 Å². The van der Waals surface area contributed by atoms with Crippen LogP contribution < -0.4 is 16.0 Å². The molecule has 0 bridgehead atoms. The number of hydrogen-bond acceptors (Lipinski definition) is 6. The number of anilines is 1. The third-order valence-electron chi connectivity index (χ3n) is 2.37. The fraction of sp³-hybridized carbons (Fsp3) is 0.500. The van der Waals surface area contributed by atoms with Gasteiger partial charge in [0.25, 0.3) is 0 Å². The van der Waals surface area contributed by atoms with E-state index in [1.54, 1.807) is 0 Å². The Kier molecular flexibility index (Phi) is 5.48. The van der Waals surface area contributed by atoms with Gasteiger partial charge in [0.2, 0.25) is 10.0 Å². The minimum absolute atomic E-state index is 0.111. The molecule has 7 nitrogen and oxygen atoms in total. The molecule has 8 heteroatoms. The van der Waals surface area contributed by atoms with Gasteiger partial charge in [0.15, 0.2) is 0 Å². The lowest BCUT2D eigenvalue weighted by Crippen LogP contribution is -2.37. The number of ether oxygens (including phenoxy) is 1. The third-order valence-corrected chi connectivity index (χ3v) is 3.89. The summed E-state index contributed by atoms with van der Waals surface area (Å²) in [5, 5.41) is 0. The highest BCUT2D eigenvalue weighted by Crippen LogP contribution is 2.12. The largest absolute Gasteiger partial charge is 0.383 e. The molecule has 0 aliphatic rings. The first-order valence-corrected chi connectivity index (χ1v) is 6.95. The predicted octanol–water partition coefficient (Wildman–Crippen LogP) is 0.0705. The molecule has 18 heavy (non-hydrogen) atoms. The highest BCUT2D eigenvalue weighted by atomic mass is 32.2. The number of nitrogen functional groups attached to an aromatic ring is 1. The molecule has 0 saturated carbocycles. The first-order chi connectivity index (χ1) is 8.53. The summed E-state index contributed by atoms with van der Waals surface area (Å²) in [6.07, 6.45) is 2.02. The van der Waals surface area contributed by atoms with Crippen molar-refractivity contribution >= 4 is 15.8 Å². The number of nitrogens with two attached hydrogens (primary N) is 1. The van der Waals surface area contributed by atoms with Crippen LogP contribution in [-0.2, 0) is 14.8 Å². The zero-order chi connectivity index (χ0) is 13.6. The van der Waals surface area contributed by atoms with Gasteiger partial charge in [0, 0.05) is 25.4 Å². The Balaban J connectivity index is 2.91. The minimum atomic E-state index is -3.59. The van der Waals surface area contributed by atoms with E-state index in [9.17, 15) is 8.42 Å². The van der Waals surface area contributed by atoms with Gasteiger partial charge in [-0.1, -0.05) is 6.92 Å². The lowest BCUT2D eigenvalue weighted by molar-refractivity contribution is 0.173. The monoisotopic (exact) mass is 274 g/mol. The van der Waals surface area contributed by atoms with Gasteiger partial charge in [-0.25, -0.2) is 24.0 Å². The molecular weight excluding hydrogens is 256 g/mol. The summed E-state index contributed by atoms with van der Waals surface area (Å²) in [6.45, 7) is 2.20. The molecule has 0 radical (unpaired) electrons. The van der Waals surface area contributed by atoms with E-state index in [4.69, 9.17) is 10.6 Å². The standard InChI is InChI=1S/C10H18N4O3S/c1-3-8(7-17-2)14-18(15,16)9-4-5-12-10(6-9)13-11/h4-6,8,14H,3,7,11H2,1-2H3,(H,12,13). The van der Waals surface area contributed by atoms with Crippen molar-refractivity contribution in [1.29, 1.82) is 0 Å². The Morgan fingerprint density at radius 2 is 2.28 bits per heavy atom. The molecule has 1 unspecified atom stereocenters. The normalized spacial score (nSPS) is 13.3. The van der Waals surface area contributed by atoms with Gasteiger partial charge >= 0.3 is 0 Å². The molecular formula is C10H18N4O3S. The van der Waals surface area contributed by atoms with Crippen molar-refractivity contribution in [2.75, 3.05) is 19.1 Å². The van der Waals surface area contributed by atoms with Gasteiger partial charge in [-0.15, -0.1) is 0 Å². The van der Waals surface area contributed by atoms with Crippen LogP contribution in [0.25, 0.3) is 0 Å². The van der Waals surface area contributed by atoms with Crippen molar-refractivity contribution < 1.29 is 13.2 Å². The summed E-state index contributed by atoms with van der Waals surface area (Å²) in [5.74, 6) is 5.48. The molecule has 0 aliphatic carbocycles. The Bertz CT molecular complexity index is 478. The number of nitrogens with one attached hydrogen (secondary N) is 2. The number of nitrogens with zero attached hydrogens (tertiary/aromatic N) is 1. The molecule has 0 aromatic carbocycles. The molecule has 0 fully saturated rings. The zero-order valence-electron chi connectivity index (χ0n) is 10.4. The maximum atomic E-state index is 12.1. The van der Waals surface area contributed by atoms with E-state index in [0.29, 0.717) is 13.0 Å². The Morgan fingerprint density at radius 1 is 1.56 bits per heavy atom. The minimum Gasteiger partial charge on any atom is -0.383 e. The summed E-state index contributed by atoms with van der Waals surface area (Å²) in [7, 11) is -2.06. The number of methoxy groups -OCH3 is 1. The fourth-order valence-electron chi connectivity index (χ4n) is 1.38. The van der Waals surface area contributed by atoms with Gasteiger partial charge in [-0.05, 0) is 12.5 Å². The lowest BCUT2D eigenvalue weighted by atomic mass is 10.3. The third kappa shape index (κ3) is 3.91. The van der Waals surface area contributed by atoms with Gasteiger partial charge in [-0.3, -0.25) is 0 Å². The van der Waals surface area contributed by atoms with Gasteiger partial charge in [0.05, 0.1) is 11.5 Å². The van der Waals surface area contributed by atoms with E-state index >= 15 is 0 Å². The van der Waals surface area contributed by atoms with E-state index < -0.39 is 10.0 Å². The molecule has 102 valence electrons. The summed E-state index contributed by atoms with van der Waals surface area (Å²) in [6, 6.07) is 2.51. The SMILES string of the molecule is CCC(COC)NS(=O)(=O)c1ccnc(NN)c1. The van der Waals surface area contributed by atoms with E-state index in [1.165, 1.54) is 25.4 Å². The highest BCUT2D eigenvalue weighted by molar-refractivity contribution is 7.89. The number of aromatic nitrogens is 1. The van der Waals surface area contributed by atoms with Crippen LogP contribution in [0.1, 0.15) is 13.3 Å². The average molecular weight is 274 g/mol. The summed E-state index contributed by atoms with van der Waals surface area (Å²) in [4.78, 5) is 3.97. The van der Waals surface area contributed by atoms with E-state index in [0.717, 1.165) is 0 Å². The fourth-order valence-corrected chi connectivity index (χ4v) is 2.70. The van der Waals surface area contributed by atoms with Crippen LogP contribution in [-0.4, -0.2) is 33.2 Å². The molecule has 1 rings (SSSR count). The second-order valence-electron chi connectivity index (χ2n) is 3.70. The van der Waals surface area contributed by atoms with Crippen LogP contribution in [0, 0.1) is 0 Å².